The second-order valence-electron chi connectivity index (χ2n) is 8.91. The molecule has 1 aliphatic rings. The van der Waals surface area contributed by atoms with Gasteiger partial charge in [-0.1, -0.05) is 23.7 Å². The molecular formula is C25H29ClFN3O5. The zero-order chi connectivity index (χ0) is 25.2. The van der Waals surface area contributed by atoms with Crippen LogP contribution in [0, 0.1) is 0 Å². The summed E-state index contributed by atoms with van der Waals surface area (Å²) in [5.41, 5.74) is 0.589. The molecule has 2 aromatic carbocycles. The lowest BCUT2D eigenvalue weighted by atomic mass is 9.94. The number of aliphatic hydroxyl groups excluding tert-OH is 1. The van der Waals surface area contributed by atoms with Crippen LogP contribution in [0.5, 0.6) is 5.75 Å². The first-order chi connectivity index (χ1) is 16.8. The summed E-state index contributed by atoms with van der Waals surface area (Å²) in [4.78, 5) is 19.6. The fourth-order valence-corrected chi connectivity index (χ4v) is 4.42. The Balaban J connectivity index is 1.67. The number of halogens is 2. The van der Waals surface area contributed by atoms with Gasteiger partial charge in [0, 0.05) is 23.7 Å². The Morgan fingerprint density at radius 2 is 2.20 bits per heavy atom. The fraction of sp³-hybridized carbons (Fsp3) is 0.440. The second-order valence-corrected chi connectivity index (χ2v) is 9.35. The predicted molar refractivity (Wildman–Crippen MR) is 131 cm³/mol. The summed E-state index contributed by atoms with van der Waals surface area (Å²) in [6, 6.07) is 9.98. The Labute approximate surface area is 208 Å². The molecule has 2 heterocycles. The number of oxazole rings is 1. The summed E-state index contributed by atoms with van der Waals surface area (Å²) < 4.78 is 31.2. The van der Waals surface area contributed by atoms with Crippen molar-refractivity contribution in [3.05, 3.63) is 52.5 Å². The van der Waals surface area contributed by atoms with Crippen molar-refractivity contribution in [3.8, 4) is 5.75 Å². The number of nitrogens with one attached hydrogen (secondary N) is 1. The van der Waals surface area contributed by atoms with E-state index in [1.807, 2.05) is 6.92 Å². The van der Waals surface area contributed by atoms with Crippen LogP contribution in [-0.2, 0) is 10.3 Å². The van der Waals surface area contributed by atoms with Crippen LogP contribution in [0.4, 0.5) is 10.4 Å². The number of carbonyl (C=O) groups excluding carboxylic acids is 1. The summed E-state index contributed by atoms with van der Waals surface area (Å²) in [5.74, 6) is 0.111. The number of fused-ring (bicyclic) bond motifs is 1. The number of aromatic nitrogens is 1. The van der Waals surface area contributed by atoms with Gasteiger partial charge >= 0.3 is 0 Å². The van der Waals surface area contributed by atoms with E-state index in [0.717, 1.165) is 0 Å². The number of amides is 1. The molecule has 4 rings (SSSR count). The zero-order valence-corrected chi connectivity index (χ0v) is 20.6. The number of benzene rings is 2. The number of hydrogen-bond acceptors (Lipinski definition) is 7. The highest BCUT2D eigenvalue weighted by molar-refractivity contribution is 6.30. The third kappa shape index (κ3) is 5.22. The van der Waals surface area contributed by atoms with E-state index < -0.39 is 12.2 Å². The highest BCUT2D eigenvalue weighted by atomic mass is 35.5. The minimum atomic E-state index is -1.14. The van der Waals surface area contributed by atoms with Gasteiger partial charge in [-0.05, 0) is 50.1 Å². The summed E-state index contributed by atoms with van der Waals surface area (Å²) >= 11 is 6.10. The van der Waals surface area contributed by atoms with Gasteiger partial charge in [-0.25, -0.2) is 4.39 Å². The number of rotatable bonds is 8. The van der Waals surface area contributed by atoms with Crippen LogP contribution < -0.4 is 10.1 Å². The lowest BCUT2D eigenvalue weighted by Gasteiger charge is -2.38. The maximum absolute atomic E-state index is 14.2. The Kier molecular flexibility index (Phi) is 7.49. The van der Waals surface area contributed by atoms with E-state index in [-0.39, 0.29) is 30.7 Å². The van der Waals surface area contributed by atoms with Crippen molar-refractivity contribution in [2.45, 2.75) is 38.0 Å². The van der Waals surface area contributed by atoms with Crippen LogP contribution in [0.25, 0.3) is 11.1 Å². The Hall–Kier alpha value is -2.88. The third-order valence-electron chi connectivity index (χ3n) is 6.23. The van der Waals surface area contributed by atoms with Crippen molar-refractivity contribution in [3.63, 3.8) is 0 Å². The molecule has 8 nitrogen and oxygen atoms in total. The first-order valence-corrected chi connectivity index (χ1v) is 11.8. The topological polar surface area (TPSA) is 97.1 Å². The SMILES string of the molecule is COc1cc(C(=O)N2CC(C)OCC2CCO)cc2nc(NC(C)(CF)c3cccc(Cl)c3)oc12. The molecule has 0 bridgehead atoms. The average Bonchev–Trinajstić information content (AvgIpc) is 3.26. The molecule has 0 radical (unpaired) electrons. The molecule has 10 heteroatoms. The van der Waals surface area contributed by atoms with E-state index in [9.17, 15) is 14.3 Å². The van der Waals surface area contributed by atoms with Crippen molar-refractivity contribution in [2.24, 2.45) is 0 Å². The molecule has 0 spiro atoms. The van der Waals surface area contributed by atoms with Gasteiger partial charge in [0.15, 0.2) is 11.3 Å². The van der Waals surface area contributed by atoms with Gasteiger partial charge in [-0.15, -0.1) is 0 Å². The molecule has 188 valence electrons. The first kappa shape index (κ1) is 25.2. The molecule has 0 saturated carbocycles. The van der Waals surface area contributed by atoms with E-state index >= 15 is 0 Å². The van der Waals surface area contributed by atoms with Gasteiger partial charge in [-0.2, -0.15) is 4.98 Å². The highest BCUT2D eigenvalue weighted by Crippen LogP contribution is 2.34. The van der Waals surface area contributed by atoms with Crippen molar-refractivity contribution < 1.29 is 28.2 Å². The molecule has 3 aromatic rings. The number of methoxy groups -OCH3 is 1. The summed E-state index contributed by atoms with van der Waals surface area (Å²) in [6.07, 6.45) is 0.300. The number of alkyl halides is 1. The number of hydrogen-bond donors (Lipinski definition) is 2. The van der Waals surface area contributed by atoms with Gasteiger partial charge in [0.2, 0.25) is 0 Å². The second kappa shape index (κ2) is 10.4. The third-order valence-corrected chi connectivity index (χ3v) is 6.46. The van der Waals surface area contributed by atoms with Crippen molar-refractivity contribution >= 4 is 34.6 Å². The molecule has 1 aromatic heterocycles. The average molecular weight is 506 g/mol. The molecule has 1 fully saturated rings. The molecule has 3 unspecified atom stereocenters. The molecule has 1 amide bonds. The van der Waals surface area contributed by atoms with E-state index in [4.69, 9.17) is 25.5 Å². The molecule has 3 atom stereocenters. The lowest BCUT2D eigenvalue weighted by molar-refractivity contribution is -0.0486. The number of morpholine rings is 1. The monoisotopic (exact) mass is 505 g/mol. The number of carbonyl (C=O) groups is 1. The maximum Gasteiger partial charge on any atom is 0.296 e. The van der Waals surface area contributed by atoms with E-state index in [2.05, 4.69) is 10.3 Å². The minimum absolute atomic E-state index is 0.0488. The predicted octanol–water partition coefficient (Wildman–Crippen LogP) is 4.40. The summed E-state index contributed by atoms with van der Waals surface area (Å²) in [7, 11) is 1.47. The van der Waals surface area contributed by atoms with Crippen molar-refractivity contribution in [1.29, 1.82) is 0 Å². The maximum atomic E-state index is 14.2. The van der Waals surface area contributed by atoms with Crippen LogP contribution in [0.3, 0.4) is 0 Å². The lowest BCUT2D eigenvalue weighted by Crippen LogP contribution is -2.51. The van der Waals surface area contributed by atoms with Crippen LogP contribution in [0.15, 0.2) is 40.8 Å². The number of anilines is 1. The van der Waals surface area contributed by atoms with Crippen LogP contribution in [0.2, 0.25) is 5.02 Å². The number of ether oxygens (including phenoxy) is 2. The number of aliphatic hydroxyl groups is 1. The van der Waals surface area contributed by atoms with E-state index in [1.165, 1.54) is 7.11 Å². The van der Waals surface area contributed by atoms with Crippen molar-refractivity contribution in [1.82, 2.24) is 9.88 Å². The molecule has 35 heavy (non-hydrogen) atoms. The van der Waals surface area contributed by atoms with Crippen LogP contribution >= 0.6 is 11.6 Å². The number of nitrogens with zero attached hydrogens (tertiary/aromatic N) is 2. The van der Waals surface area contributed by atoms with Gasteiger partial charge < -0.3 is 29.2 Å². The standard InChI is InChI=1S/C25H29ClFN3O5/c1-15-12-30(19(7-8-31)13-34-15)23(32)16-9-20-22(21(10-16)33-3)35-24(28-20)29-25(2,14-27)17-5-4-6-18(26)11-17/h4-6,9-11,15,19,31H,7-8,12-14H2,1-3H3,(H,28,29). The first-order valence-electron chi connectivity index (χ1n) is 11.4. The minimum Gasteiger partial charge on any atom is -0.493 e. The zero-order valence-electron chi connectivity index (χ0n) is 19.9. The van der Waals surface area contributed by atoms with Gasteiger partial charge in [0.1, 0.15) is 12.2 Å². The van der Waals surface area contributed by atoms with Gasteiger partial charge in [-0.3, -0.25) is 4.79 Å². The normalized spacial score (nSPS) is 20.0. The molecule has 2 N–H and O–H groups in total. The smallest absolute Gasteiger partial charge is 0.296 e. The van der Waals surface area contributed by atoms with Crippen molar-refractivity contribution in [2.75, 3.05) is 38.9 Å². The Morgan fingerprint density at radius 3 is 2.89 bits per heavy atom. The summed E-state index contributed by atoms with van der Waals surface area (Å²) in [6.45, 7) is 3.55. The van der Waals surface area contributed by atoms with Crippen LogP contribution in [0.1, 0.15) is 36.2 Å². The molecule has 1 saturated heterocycles. The Morgan fingerprint density at radius 1 is 1.40 bits per heavy atom. The molecule has 0 aliphatic carbocycles. The van der Waals surface area contributed by atoms with E-state index in [0.29, 0.717) is 52.6 Å². The van der Waals surface area contributed by atoms with Gasteiger partial charge in [0.25, 0.3) is 11.9 Å². The molecular weight excluding hydrogens is 477 g/mol. The van der Waals surface area contributed by atoms with Crippen LogP contribution in [-0.4, -0.2) is 66.6 Å². The van der Waals surface area contributed by atoms with E-state index in [1.54, 1.807) is 48.2 Å². The summed E-state index contributed by atoms with van der Waals surface area (Å²) in [5, 5.41) is 12.9. The highest BCUT2D eigenvalue weighted by Gasteiger charge is 2.32. The molecule has 1 aliphatic heterocycles. The Bertz CT molecular complexity index is 1210. The fourth-order valence-electron chi connectivity index (χ4n) is 4.23. The van der Waals surface area contributed by atoms with Gasteiger partial charge in [0.05, 0.1) is 31.4 Å². The largest absolute Gasteiger partial charge is 0.493 e. The quantitative estimate of drug-likeness (QED) is 0.468.